The molecule has 0 amide bonds. The zero-order chi connectivity index (χ0) is 7.57. The van der Waals surface area contributed by atoms with Crippen molar-refractivity contribution in [3.63, 3.8) is 0 Å². The predicted molar refractivity (Wildman–Crippen MR) is 42.3 cm³/mol. The predicted octanol–water partition coefficient (Wildman–Crippen LogP) is 1.70. The van der Waals surface area contributed by atoms with Crippen molar-refractivity contribution in [3.8, 4) is 0 Å². The molecular formula is C5H8O4P2. The maximum Gasteiger partial charge on any atom is 0.253 e. The van der Waals surface area contributed by atoms with Crippen LogP contribution in [0.1, 0.15) is 6.42 Å². The van der Waals surface area contributed by atoms with Crippen LogP contribution in [0.2, 0.25) is 0 Å². The molecule has 62 valence electrons. The van der Waals surface area contributed by atoms with Gasteiger partial charge in [-0.2, -0.15) is 19.1 Å². The van der Waals surface area contributed by atoms with Crippen molar-refractivity contribution in [3.05, 3.63) is 11.9 Å². The van der Waals surface area contributed by atoms with E-state index < -0.39 is 5.79 Å². The van der Waals surface area contributed by atoms with E-state index >= 15 is 0 Å². The van der Waals surface area contributed by atoms with Crippen molar-refractivity contribution in [2.45, 2.75) is 12.2 Å². The summed E-state index contributed by atoms with van der Waals surface area (Å²) < 4.78 is 9.39. The van der Waals surface area contributed by atoms with E-state index in [1.54, 1.807) is 0 Å². The summed E-state index contributed by atoms with van der Waals surface area (Å²) in [5.41, 5.74) is 0. The van der Waals surface area contributed by atoms with Crippen LogP contribution in [0, 0.1) is 0 Å². The molecule has 1 fully saturated rings. The van der Waals surface area contributed by atoms with Crippen LogP contribution >= 0.6 is 17.6 Å². The Morgan fingerprint density at radius 1 is 1.27 bits per heavy atom. The van der Waals surface area contributed by atoms with Crippen LogP contribution in [0.25, 0.3) is 0 Å². The van der Waals surface area contributed by atoms with Gasteiger partial charge in [0.2, 0.25) is 9.03 Å². The normalized spacial score (nSPS) is 42.2. The Morgan fingerprint density at radius 2 is 2.09 bits per heavy atom. The number of hydrogen-bond donors (Lipinski definition) is 0. The fourth-order valence-electron chi connectivity index (χ4n) is 0.941. The topological polar surface area (TPSA) is 36.9 Å². The summed E-state index contributed by atoms with van der Waals surface area (Å²) in [7, 11) is 0.675. The largest absolute Gasteiger partial charge is 0.253 e. The van der Waals surface area contributed by atoms with Gasteiger partial charge < -0.3 is 0 Å². The summed E-state index contributed by atoms with van der Waals surface area (Å²) in [6.07, 6.45) is 3.71. The first-order chi connectivity index (χ1) is 5.41. The highest BCUT2D eigenvalue weighted by Gasteiger charge is 2.36. The van der Waals surface area contributed by atoms with Crippen LogP contribution in [0.15, 0.2) is 11.9 Å². The molecule has 2 aliphatic heterocycles. The van der Waals surface area contributed by atoms with E-state index in [9.17, 15) is 0 Å². The first-order valence-corrected chi connectivity index (χ1v) is 5.37. The summed E-state index contributed by atoms with van der Waals surface area (Å²) in [5, 5.41) is 0. The Bertz CT molecular complexity index is 166. The summed E-state index contributed by atoms with van der Waals surface area (Å²) in [5.74, 6) is 1.28. The van der Waals surface area contributed by atoms with E-state index in [0.717, 1.165) is 21.2 Å². The second-order valence-corrected chi connectivity index (χ2v) is 4.01. The van der Waals surface area contributed by atoms with Gasteiger partial charge in [0.25, 0.3) is 5.79 Å². The van der Waals surface area contributed by atoms with E-state index in [4.69, 9.17) is 19.1 Å². The minimum absolute atomic E-state index is 0.176. The lowest BCUT2D eigenvalue weighted by Crippen LogP contribution is -2.36. The quantitative estimate of drug-likeness (QED) is 0.434. The third kappa shape index (κ3) is 1.78. The molecule has 1 unspecified atom stereocenters. The second-order valence-electron chi connectivity index (χ2n) is 2.27. The molecule has 0 bridgehead atoms. The molecule has 2 aliphatic rings. The minimum Gasteiger partial charge on any atom is -0.188 e. The second kappa shape index (κ2) is 3.44. The van der Waals surface area contributed by atoms with Crippen molar-refractivity contribution in [2.75, 3.05) is 6.16 Å². The summed E-state index contributed by atoms with van der Waals surface area (Å²) in [6.45, 7) is 0. The standard InChI is InChI=1S/C5H8O4P2/c1-3-10-4-2-5(1)6-8-11-9-7-5/h1,3,10-11H,2,4H2. The van der Waals surface area contributed by atoms with Gasteiger partial charge in [0, 0.05) is 6.42 Å². The Balaban J connectivity index is 2.06. The average Bonchev–Trinajstić information content (AvgIpc) is 2.07. The van der Waals surface area contributed by atoms with Crippen LogP contribution < -0.4 is 0 Å². The molecule has 1 spiro atoms. The van der Waals surface area contributed by atoms with Crippen LogP contribution in [-0.4, -0.2) is 11.9 Å². The molecule has 0 aromatic heterocycles. The summed E-state index contributed by atoms with van der Waals surface area (Å²) in [4.78, 5) is 9.98. The highest BCUT2D eigenvalue weighted by atomic mass is 31.1. The number of hydrogen-bond acceptors (Lipinski definition) is 4. The van der Waals surface area contributed by atoms with Crippen LogP contribution in [0.5, 0.6) is 0 Å². The zero-order valence-electron chi connectivity index (χ0n) is 5.70. The van der Waals surface area contributed by atoms with Crippen molar-refractivity contribution >= 4 is 17.6 Å². The Morgan fingerprint density at radius 3 is 2.73 bits per heavy atom. The monoisotopic (exact) mass is 194 g/mol. The summed E-state index contributed by atoms with van der Waals surface area (Å²) in [6, 6.07) is 0. The maximum absolute atomic E-state index is 4.99. The molecular weight excluding hydrogens is 186 g/mol. The zero-order valence-corrected chi connectivity index (χ0v) is 7.70. The SMILES string of the molecule is C1=CC2(CCP1)OOPOO2. The fraction of sp³-hybridized carbons (Fsp3) is 0.600. The highest BCUT2D eigenvalue weighted by Crippen LogP contribution is 2.38. The van der Waals surface area contributed by atoms with Crippen LogP contribution in [0.4, 0.5) is 0 Å². The van der Waals surface area contributed by atoms with Gasteiger partial charge in [-0.05, 0) is 12.2 Å². The van der Waals surface area contributed by atoms with Gasteiger partial charge in [0.15, 0.2) is 0 Å². The van der Waals surface area contributed by atoms with Gasteiger partial charge >= 0.3 is 0 Å². The lowest BCUT2D eigenvalue weighted by atomic mass is 10.2. The van der Waals surface area contributed by atoms with E-state index in [0.29, 0.717) is 0 Å². The third-order valence-electron chi connectivity index (χ3n) is 1.51. The van der Waals surface area contributed by atoms with E-state index in [1.807, 2.05) is 11.9 Å². The molecule has 2 rings (SSSR count). The van der Waals surface area contributed by atoms with E-state index in [1.165, 1.54) is 0 Å². The maximum atomic E-state index is 4.99. The molecule has 1 saturated heterocycles. The lowest BCUT2D eigenvalue weighted by Gasteiger charge is -2.32. The number of rotatable bonds is 0. The highest BCUT2D eigenvalue weighted by molar-refractivity contribution is 7.41. The van der Waals surface area contributed by atoms with Crippen molar-refractivity contribution < 1.29 is 19.1 Å². The molecule has 0 saturated carbocycles. The van der Waals surface area contributed by atoms with Gasteiger partial charge in [0.05, 0.1) is 0 Å². The van der Waals surface area contributed by atoms with Crippen molar-refractivity contribution in [1.29, 1.82) is 0 Å². The molecule has 0 N–H and O–H groups in total. The molecule has 2 heterocycles. The molecule has 0 aromatic rings. The van der Waals surface area contributed by atoms with E-state index in [-0.39, 0.29) is 9.03 Å². The Hall–Kier alpha value is 0.440. The van der Waals surface area contributed by atoms with Gasteiger partial charge in [-0.3, -0.25) is 0 Å². The van der Waals surface area contributed by atoms with E-state index in [2.05, 4.69) is 0 Å². The molecule has 6 heteroatoms. The Labute approximate surface area is 67.8 Å². The molecule has 4 nitrogen and oxygen atoms in total. The lowest BCUT2D eigenvalue weighted by molar-refractivity contribution is -0.471. The van der Waals surface area contributed by atoms with Gasteiger partial charge in [0.1, 0.15) is 0 Å². The Kier molecular flexibility index (Phi) is 2.52. The first-order valence-electron chi connectivity index (χ1n) is 3.27. The average molecular weight is 194 g/mol. The molecule has 0 radical (unpaired) electrons. The molecule has 0 aliphatic carbocycles. The van der Waals surface area contributed by atoms with Crippen LogP contribution in [-0.2, 0) is 19.1 Å². The first kappa shape index (κ1) is 8.06. The fourth-order valence-corrected chi connectivity index (χ4v) is 2.35. The molecule has 1 atom stereocenters. The van der Waals surface area contributed by atoms with Gasteiger partial charge in [-0.25, -0.2) is 0 Å². The van der Waals surface area contributed by atoms with Crippen molar-refractivity contribution in [2.24, 2.45) is 0 Å². The third-order valence-corrected chi connectivity index (χ3v) is 2.75. The molecule has 0 aromatic carbocycles. The smallest absolute Gasteiger partial charge is 0.188 e. The minimum atomic E-state index is -0.753. The van der Waals surface area contributed by atoms with Crippen LogP contribution in [0.3, 0.4) is 0 Å². The van der Waals surface area contributed by atoms with Crippen molar-refractivity contribution in [1.82, 2.24) is 0 Å². The van der Waals surface area contributed by atoms with Gasteiger partial charge in [-0.15, -0.1) is 0 Å². The molecule has 11 heavy (non-hydrogen) atoms. The summed E-state index contributed by atoms with van der Waals surface area (Å²) >= 11 is 0. The van der Waals surface area contributed by atoms with Gasteiger partial charge in [-0.1, -0.05) is 14.4 Å².